The molecule has 1 heteroatoms. The minimum absolute atomic E-state index is 0.300. The molecule has 1 nitrogen and oxygen atoms in total. The predicted molar refractivity (Wildman–Crippen MR) is 46.3 cm³/mol. The topological polar surface area (TPSA) is 14.1 Å². The Morgan fingerprint density at radius 3 is 1.70 bits per heavy atom. The average Bonchev–Trinajstić information content (AvgIpc) is 2.01. The zero-order valence-electron chi connectivity index (χ0n) is 7.78. The van der Waals surface area contributed by atoms with E-state index in [1.54, 1.807) is 0 Å². The highest BCUT2D eigenvalue weighted by atomic mass is 14.9. The van der Waals surface area contributed by atoms with Crippen LogP contribution in [0.15, 0.2) is 0 Å². The smallest absolute Gasteiger partial charge is 0.0348 e. The molecule has 0 aromatic heterocycles. The summed E-state index contributed by atoms with van der Waals surface area (Å²) in [7, 11) is 1.95. The lowest BCUT2D eigenvalue weighted by molar-refractivity contribution is 0.292. The van der Waals surface area contributed by atoms with Gasteiger partial charge in [0.05, 0.1) is 0 Å². The molecule has 0 heterocycles. The molecule has 0 bridgehead atoms. The third-order valence-corrected chi connectivity index (χ3v) is 2.51. The summed E-state index contributed by atoms with van der Waals surface area (Å²) in [6, 6.07) is 0. The van der Waals surface area contributed by atoms with E-state index >= 15 is 0 Å². The number of nitrogens with zero attached hydrogens (tertiary/aromatic N) is 1. The molecule has 0 aromatic carbocycles. The van der Waals surface area contributed by atoms with Crippen molar-refractivity contribution in [1.82, 2.24) is 5.32 Å². The Morgan fingerprint density at radius 1 is 1.10 bits per heavy atom. The molecule has 0 aliphatic heterocycles. The van der Waals surface area contributed by atoms with Crippen molar-refractivity contribution in [3.63, 3.8) is 0 Å². The lowest BCUT2D eigenvalue weighted by atomic mass is 9.88. The fraction of sp³-hybridized carbons (Fsp3) is 1.00. The fourth-order valence-corrected chi connectivity index (χ4v) is 1.50. The highest BCUT2D eigenvalue weighted by Crippen LogP contribution is 2.21. The van der Waals surface area contributed by atoms with Gasteiger partial charge in [0.2, 0.25) is 0 Å². The van der Waals surface area contributed by atoms with Crippen LogP contribution in [0.1, 0.15) is 46.5 Å². The lowest BCUT2D eigenvalue weighted by Gasteiger charge is -2.29. The highest BCUT2D eigenvalue weighted by Gasteiger charge is 2.22. The summed E-state index contributed by atoms with van der Waals surface area (Å²) in [5.41, 5.74) is 0.300. The van der Waals surface area contributed by atoms with E-state index in [9.17, 15) is 0 Å². The van der Waals surface area contributed by atoms with E-state index in [2.05, 4.69) is 26.1 Å². The summed E-state index contributed by atoms with van der Waals surface area (Å²) in [5, 5.41) is 4.45. The van der Waals surface area contributed by atoms with Crippen LogP contribution in [0, 0.1) is 0 Å². The van der Waals surface area contributed by atoms with Gasteiger partial charge >= 0.3 is 0 Å². The first-order chi connectivity index (χ1) is 4.74. The molecule has 0 aliphatic rings. The van der Waals surface area contributed by atoms with Crippen LogP contribution in [0.3, 0.4) is 0 Å². The van der Waals surface area contributed by atoms with Crippen LogP contribution in [0.25, 0.3) is 0 Å². The van der Waals surface area contributed by atoms with E-state index in [0.29, 0.717) is 5.54 Å². The van der Waals surface area contributed by atoms with Crippen LogP contribution in [-0.2, 0) is 0 Å². The summed E-state index contributed by atoms with van der Waals surface area (Å²) < 4.78 is 0. The van der Waals surface area contributed by atoms with E-state index in [1.807, 2.05) is 7.05 Å². The van der Waals surface area contributed by atoms with Crippen molar-refractivity contribution in [3.8, 4) is 0 Å². The maximum absolute atomic E-state index is 4.45. The molecule has 1 radical (unpaired) electrons. The van der Waals surface area contributed by atoms with Crippen LogP contribution in [0.2, 0.25) is 0 Å². The molecule has 0 saturated heterocycles. The summed E-state index contributed by atoms with van der Waals surface area (Å²) in [6.07, 6.45) is 4.87. The minimum atomic E-state index is 0.300. The van der Waals surface area contributed by atoms with Crippen molar-refractivity contribution >= 4 is 0 Å². The van der Waals surface area contributed by atoms with E-state index in [-0.39, 0.29) is 0 Å². The molecule has 0 rings (SSSR count). The zero-order chi connectivity index (χ0) is 8.04. The second-order valence-electron chi connectivity index (χ2n) is 2.91. The largest absolute Gasteiger partial charge is 0.238 e. The molecule has 0 amide bonds. The minimum Gasteiger partial charge on any atom is -0.238 e. The van der Waals surface area contributed by atoms with Gasteiger partial charge in [0.25, 0.3) is 0 Å². The fourth-order valence-electron chi connectivity index (χ4n) is 1.50. The molecule has 0 aromatic rings. The van der Waals surface area contributed by atoms with Crippen molar-refractivity contribution in [1.29, 1.82) is 0 Å². The van der Waals surface area contributed by atoms with Crippen LogP contribution in [0.4, 0.5) is 0 Å². The zero-order valence-corrected chi connectivity index (χ0v) is 7.78. The molecule has 0 atom stereocenters. The average molecular weight is 142 g/mol. The summed E-state index contributed by atoms with van der Waals surface area (Å²) in [5.74, 6) is 0. The van der Waals surface area contributed by atoms with Crippen molar-refractivity contribution in [3.05, 3.63) is 0 Å². The van der Waals surface area contributed by atoms with Gasteiger partial charge in [-0.1, -0.05) is 27.2 Å². The van der Waals surface area contributed by atoms with Crippen LogP contribution in [0.5, 0.6) is 0 Å². The molecular formula is C9H20N. The Balaban J connectivity index is 3.87. The molecule has 0 aliphatic carbocycles. The Kier molecular flexibility index (Phi) is 4.71. The highest BCUT2D eigenvalue weighted by molar-refractivity contribution is 4.82. The van der Waals surface area contributed by atoms with Gasteiger partial charge in [-0.3, -0.25) is 0 Å². The van der Waals surface area contributed by atoms with Crippen molar-refractivity contribution in [2.75, 3.05) is 7.05 Å². The Morgan fingerprint density at radius 2 is 1.60 bits per heavy atom. The van der Waals surface area contributed by atoms with Gasteiger partial charge in [-0.2, -0.15) is 0 Å². The standard InChI is InChI=1S/C9H20N/c1-5-8-9(6-2,7-3)10-4/h5-8H2,1-4H3. The molecule has 0 saturated carbocycles. The van der Waals surface area contributed by atoms with Gasteiger partial charge in [-0.05, 0) is 19.3 Å². The maximum Gasteiger partial charge on any atom is 0.0348 e. The third-order valence-electron chi connectivity index (χ3n) is 2.51. The second-order valence-corrected chi connectivity index (χ2v) is 2.91. The Hall–Kier alpha value is -0.0400. The first kappa shape index (κ1) is 9.96. The van der Waals surface area contributed by atoms with Crippen molar-refractivity contribution in [2.45, 2.75) is 52.0 Å². The number of hydrogen-bond acceptors (Lipinski definition) is 0. The van der Waals surface area contributed by atoms with E-state index in [1.165, 1.54) is 25.7 Å². The van der Waals surface area contributed by atoms with Gasteiger partial charge in [-0.15, -0.1) is 0 Å². The molecule has 0 fully saturated rings. The van der Waals surface area contributed by atoms with E-state index in [4.69, 9.17) is 0 Å². The SMILES string of the molecule is CCCC(CC)(CC)[N]C. The van der Waals surface area contributed by atoms with Gasteiger partial charge in [-0.25, -0.2) is 5.32 Å². The lowest BCUT2D eigenvalue weighted by Crippen LogP contribution is -2.36. The molecule has 10 heavy (non-hydrogen) atoms. The molecule has 61 valence electrons. The van der Waals surface area contributed by atoms with Crippen LogP contribution < -0.4 is 5.32 Å². The van der Waals surface area contributed by atoms with Crippen LogP contribution >= 0.6 is 0 Å². The summed E-state index contributed by atoms with van der Waals surface area (Å²) >= 11 is 0. The maximum atomic E-state index is 4.45. The third kappa shape index (κ3) is 2.30. The summed E-state index contributed by atoms with van der Waals surface area (Å²) in [4.78, 5) is 0. The quantitative estimate of drug-likeness (QED) is 0.560. The predicted octanol–water partition coefficient (Wildman–Crippen LogP) is 2.58. The normalized spacial score (nSPS) is 12.0. The number of hydrogen-bond donors (Lipinski definition) is 0. The Bertz CT molecular complexity index is 66.5. The van der Waals surface area contributed by atoms with Crippen LogP contribution in [-0.4, -0.2) is 12.6 Å². The van der Waals surface area contributed by atoms with Gasteiger partial charge in [0, 0.05) is 12.6 Å². The first-order valence-electron chi connectivity index (χ1n) is 4.35. The van der Waals surface area contributed by atoms with Gasteiger partial charge in [0.1, 0.15) is 0 Å². The Labute approximate surface area is 65.2 Å². The summed E-state index contributed by atoms with van der Waals surface area (Å²) in [6.45, 7) is 6.68. The van der Waals surface area contributed by atoms with Gasteiger partial charge < -0.3 is 0 Å². The monoisotopic (exact) mass is 142 g/mol. The van der Waals surface area contributed by atoms with Gasteiger partial charge in [0.15, 0.2) is 0 Å². The van der Waals surface area contributed by atoms with Crippen molar-refractivity contribution in [2.24, 2.45) is 0 Å². The first-order valence-corrected chi connectivity index (χ1v) is 4.35. The molecule has 0 spiro atoms. The van der Waals surface area contributed by atoms with E-state index in [0.717, 1.165) is 0 Å². The van der Waals surface area contributed by atoms with E-state index < -0.39 is 0 Å². The number of rotatable bonds is 5. The molecule has 0 N–H and O–H groups in total. The van der Waals surface area contributed by atoms with Crippen molar-refractivity contribution < 1.29 is 0 Å². The second kappa shape index (κ2) is 4.73. The molecular weight excluding hydrogens is 122 g/mol. The molecule has 0 unspecified atom stereocenters.